The molecule has 0 spiro atoms. The Morgan fingerprint density at radius 1 is 0.767 bits per heavy atom. The van der Waals surface area contributed by atoms with E-state index in [2.05, 4.69) is 72.8 Å². The van der Waals surface area contributed by atoms with Gasteiger partial charge in [0.2, 0.25) is 0 Å². The minimum absolute atomic E-state index is 0.826. The van der Waals surface area contributed by atoms with Gasteiger partial charge in [0.1, 0.15) is 0 Å². The molecule has 0 aliphatic heterocycles. The van der Waals surface area contributed by atoms with Gasteiger partial charge in [-0.2, -0.15) is 6.07 Å². The zero-order chi connectivity index (χ0) is 20.8. The molecule has 0 aromatic heterocycles. The third-order valence-corrected chi connectivity index (χ3v) is 6.39. The van der Waals surface area contributed by atoms with Crippen LogP contribution in [0.3, 0.4) is 0 Å². The number of benzene rings is 3. The number of halogens is 2. The van der Waals surface area contributed by atoms with E-state index in [1.54, 1.807) is 0 Å². The quantitative estimate of drug-likeness (QED) is 0.189. The zero-order valence-electron chi connectivity index (χ0n) is 17.2. The molecule has 0 nitrogen and oxygen atoms in total. The van der Waals surface area contributed by atoms with Crippen LogP contribution < -0.4 is 0 Å². The first-order valence-electron chi connectivity index (χ1n) is 10.9. The predicted molar refractivity (Wildman–Crippen MR) is 129 cm³/mol. The maximum atomic E-state index is 4.93. The van der Waals surface area contributed by atoms with Crippen molar-refractivity contribution in [2.75, 3.05) is 0 Å². The van der Waals surface area contributed by atoms with Crippen molar-refractivity contribution in [3.63, 3.8) is 0 Å². The molecule has 0 unspecified atom stereocenters. The number of hydrogen-bond donors (Lipinski definition) is 0. The molecule has 0 radical (unpaired) electrons. The van der Waals surface area contributed by atoms with E-state index in [-0.39, 0.29) is 0 Å². The molecule has 5 rings (SSSR count). The first-order chi connectivity index (χ1) is 14.8. The minimum Gasteiger partial charge on any atom is -0.164 e. The van der Waals surface area contributed by atoms with E-state index in [1.165, 1.54) is 83.2 Å². The molecular weight excluding hydrogens is 486 g/mol. The SMILES string of the molecule is [Cl][Zr][Cl].c1ccc2c(-c3cccc4[cH-]c(CC5CCCCCC5)cc34)cccc2c1. The Hall–Kier alpha value is -1.01. The fraction of sp³-hybridized carbons (Fsp3) is 0.296. The van der Waals surface area contributed by atoms with Crippen LogP contribution in [-0.2, 0) is 27.3 Å². The van der Waals surface area contributed by atoms with Crippen LogP contribution >= 0.6 is 17.0 Å². The van der Waals surface area contributed by atoms with Crippen LogP contribution in [0.4, 0.5) is 0 Å². The fourth-order valence-electron chi connectivity index (χ4n) is 5.01. The Morgan fingerprint density at radius 2 is 1.40 bits per heavy atom. The normalized spacial score (nSPS) is 14.9. The molecule has 4 aromatic rings. The molecule has 1 saturated carbocycles. The molecule has 3 heteroatoms. The molecule has 30 heavy (non-hydrogen) atoms. The van der Waals surface area contributed by atoms with Gasteiger partial charge in [-0.05, 0) is 28.7 Å². The zero-order valence-corrected chi connectivity index (χ0v) is 21.2. The van der Waals surface area contributed by atoms with Crippen LogP contribution in [0, 0.1) is 5.92 Å². The topological polar surface area (TPSA) is 0 Å². The van der Waals surface area contributed by atoms with Gasteiger partial charge in [-0.15, -0.1) is 34.5 Å². The van der Waals surface area contributed by atoms with Gasteiger partial charge in [0.15, 0.2) is 0 Å². The van der Waals surface area contributed by atoms with Crippen molar-refractivity contribution in [2.45, 2.75) is 44.9 Å². The van der Waals surface area contributed by atoms with Crippen molar-refractivity contribution in [3.8, 4) is 11.1 Å². The van der Waals surface area contributed by atoms with Crippen molar-refractivity contribution in [1.29, 1.82) is 0 Å². The van der Waals surface area contributed by atoms with Crippen molar-refractivity contribution in [3.05, 3.63) is 78.4 Å². The third-order valence-electron chi connectivity index (χ3n) is 6.39. The van der Waals surface area contributed by atoms with E-state index in [0.29, 0.717) is 0 Å². The molecule has 1 aliphatic carbocycles. The van der Waals surface area contributed by atoms with Crippen molar-refractivity contribution < 1.29 is 20.8 Å². The van der Waals surface area contributed by atoms with Crippen molar-refractivity contribution in [2.24, 2.45) is 5.92 Å². The van der Waals surface area contributed by atoms with E-state index in [4.69, 9.17) is 17.0 Å². The van der Waals surface area contributed by atoms with Gasteiger partial charge in [0.25, 0.3) is 0 Å². The monoisotopic (exact) mass is 511 g/mol. The minimum atomic E-state index is -0.826. The van der Waals surface area contributed by atoms with E-state index in [1.807, 2.05) is 0 Å². The maximum absolute atomic E-state index is 4.93. The fourth-order valence-corrected chi connectivity index (χ4v) is 5.01. The van der Waals surface area contributed by atoms with E-state index in [9.17, 15) is 0 Å². The average Bonchev–Trinajstić information content (AvgIpc) is 3.01. The van der Waals surface area contributed by atoms with Crippen LogP contribution in [0.2, 0.25) is 0 Å². The Labute approximate surface area is 198 Å². The van der Waals surface area contributed by atoms with Crippen LogP contribution in [0.5, 0.6) is 0 Å². The molecule has 0 bridgehead atoms. The predicted octanol–water partition coefficient (Wildman–Crippen LogP) is 9.27. The van der Waals surface area contributed by atoms with Crippen molar-refractivity contribution in [1.82, 2.24) is 0 Å². The largest absolute Gasteiger partial charge is 0.164 e. The average molecular weight is 514 g/mol. The summed E-state index contributed by atoms with van der Waals surface area (Å²) in [5.41, 5.74) is 4.26. The number of fused-ring (bicyclic) bond motifs is 2. The summed E-state index contributed by atoms with van der Waals surface area (Å²) in [5, 5.41) is 5.47. The van der Waals surface area contributed by atoms with Crippen LogP contribution in [0.15, 0.2) is 72.8 Å². The summed E-state index contributed by atoms with van der Waals surface area (Å²) in [4.78, 5) is 0. The molecule has 0 amide bonds. The summed E-state index contributed by atoms with van der Waals surface area (Å²) >= 11 is -0.826. The molecule has 154 valence electrons. The smallest absolute Gasteiger partial charge is 0.0114 e. The van der Waals surface area contributed by atoms with Crippen LogP contribution in [0.1, 0.15) is 44.1 Å². The van der Waals surface area contributed by atoms with Crippen molar-refractivity contribution >= 4 is 38.6 Å². The van der Waals surface area contributed by atoms with Gasteiger partial charge in [0, 0.05) is 0 Å². The third kappa shape index (κ3) is 5.24. The van der Waals surface area contributed by atoms with Crippen LogP contribution in [0.25, 0.3) is 32.7 Å². The summed E-state index contributed by atoms with van der Waals surface area (Å²) < 4.78 is 0. The second-order valence-electron chi connectivity index (χ2n) is 8.33. The van der Waals surface area contributed by atoms with E-state index >= 15 is 0 Å². The van der Waals surface area contributed by atoms with Gasteiger partial charge in [0.05, 0.1) is 0 Å². The molecule has 0 atom stereocenters. The molecule has 1 fully saturated rings. The molecule has 0 N–H and O–H groups in total. The standard InChI is InChI=1S/C27H27.2ClH.Zr/c1-2-4-10-20(9-3-1)17-21-18-23-13-8-16-26(27(23)19-21)25-15-7-12-22-11-5-6-14-24(22)25;;;/h5-8,11-16,18-20H,1-4,9-10,17H2;2*1H;/q-1;;;+2/p-2. The summed E-state index contributed by atoms with van der Waals surface area (Å²) in [6, 6.07) is 27.1. The molecular formula is C27H27Cl2Zr-. The van der Waals surface area contributed by atoms with E-state index < -0.39 is 20.8 Å². The molecule has 0 heterocycles. The molecule has 1 aliphatic rings. The molecule has 0 saturated heterocycles. The van der Waals surface area contributed by atoms with Crippen LogP contribution in [-0.4, -0.2) is 0 Å². The summed E-state index contributed by atoms with van der Waals surface area (Å²) in [6.07, 6.45) is 9.80. The van der Waals surface area contributed by atoms with Gasteiger partial charge in [-0.3, -0.25) is 0 Å². The number of hydrogen-bond acceptors (Lipinski definition) is 0. The van der Waals surface area contributed by atoms with Gasteiger partial charge in [-0.25, -0.2) is 0 Å². The van der Waals surface area contributed by atoms with E-state index in [0.717, 1.165) is 5.92 Å². The second kappa shape index (κ2) is 11.0. The first-order valence-corrected chi connectivity index (χ1v) is 17.3. The summed E-state index contributed by atoms with van der Waals surface area (Å²) in [7, 11) is 9.87. The Kier molecular flexibility index (Phi) is 8.16. The summed E-state index contributed by atoms with van der Waals surface area (Å²) in [5.74, 6) is 0.880. The first kappa shape index (κ1) is 22.2. The van der Waals surface area contributed by atoms with Gasteiger partial charge < -0.3 is 0 Å². The molecule has 4 aromatic carbocycles. The Balaban J connectivity index is 0.000000687. The maximum Gasteiger partial charge on any atom is -0.0114 e. The Bertz CT molecular complexity index is 1090. The summed E-state index contributed by atoms with van der Waals surface area (Å²) in [6.45, 7) is 0. The van der Waals surface area contributed by atoms with Gasteiger partial charge in [-0.1, -0.05) is 92.6 Å². The number of rotatable bonds is 3. The Morgan fingerprint density at radius 3 is 2.17 bits per heavy atom. The van der Waals surface area contributed by atoms with Gasteiger partial charge >= 0.3 is 37.9 Å². The second-order valence-corrected chi connectivity index (χ2v) is 12.1.